The second-order valence-electron chi connectivity index (χ2n) is 2.73. The SMILES string of the molecule is C#CC(C)NC(=O)c1ccc(Cl)nc1. The predicted octanol–water partition coefficient (Wildman–Crippen LogP) is 1.49. The predicted molar refractivity (Wildman–Crippen MR) is 55.0 cm³/mol. The Balaban J connectivity index is 2.71. The van der Waals surface area contributed by atoms with Crippen molar-refractivity contribution in [1.82, 2.24) is 10.3 Å². The molecule has 1 rings (SSSR count). The van der Waals surface area contributed by atoms with Gasteiger partial charge in [0.05, 0.1) is 11.6 Å². The molecule has 0 aliphatic carbocycles. The van der Waals surface area contributed by atoms with E-state index in [9.17, 15) is 4.79 Å². The molecule has 0 fully saturated rings. The Morgan fingerprint density at radius 3 is 2.93 bits per heavy atom. The van der Waals surface area contributed by atoms with Crippen molar-refractivity contribution in [3.05, 3.63) is 29.0 Å². The molecule has 0 aliphatic rings. The van der Waals surface area contributed by atoms with Gasteiger partial charge in [0.1, 0.15) is 5.15 Å². The van der Waals surface area contributed by atoms with Crippen molar-refractivity contribution in [3.63, 3.8) is 0 Å². The Hall–Kier alpha value is -1.53. The van der Waals surface area contributed by atoms with E-state index in [0.717, 1.165) is 0 Å². The van der Waals surface area contributed by atoms with Gasteiger partial charge in [0.15, 0.2) is 0 Å². The third-order valence-corrected chi connectivity index (χ3v) is 1.81. The Morgan fingerprint density at radius 2 is 2.43 bits per heavy atom. The third-order valence-electron chi connectivity index (χ3n) is 1.59. The number of pyridine rings is 1. The van der Waals surface area contributed by atoms with Crippen molar-refractivity contribution in [2.45, 2.75) is 13.0 Å². The first-order chi connectivity index (χ1) is 6.63. The van der Waals surface area contributed by atoms with Crippen LogP contribution in [0.25, 0.3) is 0 Å². The monoisotopic (exact) mass is 208 g/mol. The first-order valence-corrected chi connectivity index (χ1v) is 4.40. The number of amides is 1. The van der Waals surface area contributed by atoms with Gasteiger partial charge in [-0.1, -0.05) is 17.5 Å². The minimum absolute atomic E-state index is 0.250. The lowest BCUT2D eigenvalue weighted by Gasteiger charge is -2.06. The molecule has 4 heteroatoms. The molecule has 0 saturated carbocycles. The number of carbonyl (C=O) groups is 1. The summed E-state index contributed by atoms with van der Waals surface area (Å²) in [6.45, 7) is 1.72. The molecule has 1 N–H and O–H groups in total. The van der Waals surface area contributed by atoms with Crippen LogP contribution in [-0.4, -0.2) is 16.9 Å². The van der Waals surface area contributed by atoms with Crippen molar-refractivity contribution in [2.24, 2.45) is 0 Å². The van der Waals surface area contributed by atoms with E-state index in [2.05, 4.69) is 16.2 Å². The van der Waals surface area contributed by atoms with E-state index in [-0.39, 0.29) is 11.9 Å². The van der Waals surface area contributed by atoms with Crippen LogP contribution in [0.5, 0.6) is 0 Å². The number of rotatable bonds is 2. The number of halogens is 1. The molecule has 0 spiro atoms. The van der Waals surface area contributed by atoms with Crippen LogP contribution >= 0.6 is 11.6 Å². The molecule has 72 valence electrons. The second kappa shape index (κ2) is 4.64. The van der Waals surface area contributed by atoms with Gasteiger partial charge in [-0.15, -0.1) is 6.42 Å². The summed E-state index contributed by atoms with van der Waals surface area (Å²) in [6, 6.07) is 2.85. The second-order valence-corrected chi connectivity index (χ2v) is 3.12. The summed E-state index contributed by atoms with van der Waals surface area (Å²) >= 11 is 5.57. The van der Waals surface area contributed by atoms with E-state index in [1.165, 1.54) is 6.20 Å². The average molecular weight is 209 g/mol. The lowest BCUT2D eigenvalue weighted by Crippen LogP contribution is -2.31. The van der Waals surface area contributed by atoms with Crippen LogP contribution in [0.15, 0.2) is 18.3 Å². The highest BCUT2D eigenvalue weighted by molar-refractivity contribution is 6.29. The van der Waals surface area contributed by atoms with E-state index in [1.807, 2.05) is 0 Å². The molecule has 0 aliphatic heterocycles. The quantitative estimate of drug-likeness (QED) is 0.591. The molecule has 1 heterocycles. The van der Waals surface area contributed by atoms with Crippen molar-refractivity contribution < 1.29 is 4.79 Å². The number of nitrogens with zero attached hydrogens (tertiary/aromatic N) is 1. The fourth-order valence-corrected chi connectivity index (χ4v) is 0.944. The van der Waals surface area contributed by atoms with Gasteiger partial charge in [0, 0.05) is 6.20 Å². The van der Waals surface area contributed by atoms with Gasteiger partial charge >= 0.3 is 0 Å². The molecule has 1 aromatic heterocycles. The summed E-state index contributed by atoms with van der Waals surface area (Å²) < 4.78 is 0. The molecule has 3 nitrogen and oxygen atoms in total. The van der Waals surface area contributed by atoms with Crippen LogP contribution in [-0.2, 0) is 0 Å². The standard InChI is InChI=1S/C10H9ClN2O/c1-3-7(2)13-10(14)8-4-5-9(11)12-6-8/h1,4-7H,2H3,(H,13,14). The van der Waals surface area contributed by atoms with Crippen LogP contribution < -0.4 is 5.32 Å². The van der Waals surface area contributed by atoms with Gasteiger partial charge in [0.2, 0.25) is 0 Å². The molecule has 0 saturated heterocycles. The number of carbonyl (C=O) groups excluding carboxylic acids is 1. The largest absolute Gasteiger partial charge is 0.339 e. The third kappa shape index (κ3) is 2.75. The molecular formula is C10H9ClN2O. The number of terminal acetylenes is 1. The Labute approximate surface area is 87.5 Å². The topological polar surface area (TPSA) is 42.0 Å². The van der Waals surface area contributed by atoms with Gasteiger partial charge < -0.3 is 5.32 Å². The fourth-order valence-electron chi connectivity index (χ4n) is 0.832. The van der Waals surface area contributed by atoms with Gasteiger partial charge in [0.25, 0.3) is 5.91 Å². The molecular weight excluding hydrogens is 200 g/mol. The summed E-state index contributed by atoms with van der Waals surface area (Å²) in [7, 11) is 0. The first-order valence-electron chi connectivity index (χ1n) is 4.02. The number of hydrogen-bond donors (Lipinski definition) is 1. The van der Waals surface area contributed by atoms with Gasteiger partial charge in [-0.2, -0.15) is 0 Å². The Bertz CT molecular complexity index is 367. The fraction of sp³-hybridized carbons (Fsp3) is 0.200. The summed E-state index contributed by atoms with van der Waals surface area (Å²) in [6.07, 6.45) is 6.52. The maximum Gasteiger partial charge on any atom is 0.253 e. The van der Waals surface area contributed by atoms with Crippen molar-refractivity contribution in [3.8, 4) is 12.3 Å². The van der Waals surface area contributed by atoms with Crippen molar-refractivity contribution in [1.29, 1.82) is 0 Å². The first kappa shape index (κ1) is 10.6. The molecule has 1 aromatic rings. The maximum atomic E-state index is 11.4. The smallest absolute Gasteiger partial charge is 0.253 e. The highest BCUT2D eigenvalue weighted by Gasteiger charge is 2.07. The molecule has 0 radical (unpaired) electrons. The zero-order valence-electron chi connectivity index (χ0n) is 7.62. The van der Waals surface area contributed by atoms with Crippen LogP contribution in [0.2, 0.25) is 5.15 Å². The van der Waals surface area contributed by atoms with Gasteiger partial charge in [-0.3, -0.25) is 4.79 Å². The minimum atomic E-state index is -0.293. The number of nitrogens with one attached hydrogen (secondary N) is 1. The molecule has 1 amide bonds. The van der Waals surface area contributed by atoms with E-state index >= 15 is 0 Å². The van der Waals surface area contributed by atoms with E-state index in [4.69, 9.17) is 18.0 Å². The van der Waals surface area contributed by atoms with E-state index in [0.29, 0.717) is 10.7 Å². The lowest BCUT2D eigenvalue weighted by molar-refractivity contribution is 0.0948. The Kier molecular flexibility index (Phi) is 3.49. The van der Waals surface area contributed by atoms with Crippen molar-refractivity contribution in [2.75, 3.05) is 0 Å². The highest BCUT2D eigenvalue weighted by atomic mass is 35.5. The molecule has 14 heavy (non-hydrogen) atoms. The number of aromatic nitrogens is 1. The van der Waals surface area contributed by atoms with Crippen LogP contribution in [0.4, 0.5) is 0 Å². The van der Waals surface area contributed by atoms with Gasteiger partial charge in [-0.25, -0.2) is 4.98 Å². The summed E-state index contributed by atoms with van der Waals surface area (Å²) in [5, 5.41) is 2.96. The maximum absolute atomic E-state index is 11.4. The van der Waals surface area contributed by atoms with E-state index < -0.39 is 0 Å². The molecule has 1 unspecified atom stereocenters. The molecule has 0 bridgehead atoms. The summed E-state index contributed by atoms with van der Waals surface area (Å²) in [5.41, 5.74) is 0.441. The molecule has 1 atom stereocenters. The summed E-state index contributed by atoms with van der Waals surface area (Å²) in [5.74, 6) is 2.15. The zero-order chi connectivity index (χ0) is 10.6. The Morgan fingerprint density at radius 1 is 1.71 bits per heavy atom. The normalized spacial score (nSPS) is 11.5. The van der Waals surface area contributed by atoms with Crippen LogP contribution in [0.3, 0.4) is 0 Å². The van der Waals surface area contributed by atoms with Crippen molar-refractivity contribution >= 4 is 17.5 Å². The highest BCUT2D eigenvalue weighted by Crippen LogP contribution is 2.05. The van der Waals surface area contributed by atoms with Gasteiger partial charge in [-0.05, 0) is 19.1 Å². The average Bonchev–Trinajstić information content (AvgIpc) is 2.18. The lowest BCUT2D eigenvalue weighted by atomic mass is 10.2. The zero-order valence-corrected chi connectivity index (χ0v) is 8.38. The molecule has 0 aromatic carbocycles. The van der Waals surface area contributed by atoms with E-state index in [1.54, 1.807) is 19.1 Å². The van der Waals surface area contributed by atoms with Crippen LogP contribution in [0, 0.1) is 12.3 Å². The summed E-state index contributed by atoms with van der Waals surface area (Å²) in [4.78, 5) is 15.2. The van der Waals surface area contributed by atoms with Crippen LogP contribution in [0.1, 0.15) is 17.3 Å². The minimum Gasteiger partial charge on any atom is -0.339 e. The number of hydrogen-bond acceptors (Lipinski definition) is 2.